The highest BCUT2D eigenvalue weighted by Crippen LogP contribution is 2.34. The number of rotatable bonds is 17. The Morgan fingerprint density at radius 1 is 0.750 bits per heavy atom. The fraction of sp³-hybridized carbons (Fsp3) is 0.500. The molecule has 0 spiro atoms. The summed E-state index contributed by atoms with van der Waals surface area (Å²) in [6.07, 6.45) is 19.6. The molecule has 4 heteroatoms. The molecule has 0 saturated heterocycles. The molecule has 2 heterocycles. The molecule has 0 bridgehead atoms. The van der Waals surface area contributed by atoms with Crippen molar-refractivity contribution in [1.82, 2.24) is 4.98 Å². The van der Waals surface area contributed by atoms with E-state index < -0.39 is 5.97 Å². The van der Waals surface area contributed by atoms with Gasteiger partial charge in [-0.25, -0.2) is 4.79 Å². The smallest absolute Gasteiger partial charge is 0.346 e. The zero-order valence-electron chi connectivity index (χ0n) is 22.2. The highest BCUT2D eigenvalue weighted by Gasteiger charge is 2.17. The van der Waals surface area contributed by atoms with Gasteiger partial charge in [0.2, 0.25) is 0 Å². The lowest BCUT2D eigenvalue weighted by Crippen LogP contribution is -1.94. The summed E-state index contributed by atoms with van der Waals surface area (Å²) >= 11 is 1.42. The van der Waals surface area contributed by atoms with Gasteiger partial charge in [-0.3, -0.25) is 4.98 Å². The van der Waals surface area contributed by atoms with Gasteiger partial charge in [-0.2, -0.15) is 0 Å². The number of thiophene rings is 1. The van der Waals surface area contributed by atoms with Gasteiger partial charge < -0.3 is 5.11 Å². The van der Waals surface area contributed by atoms with Crippen LogP contribution >= 0.6 is 11.3 Å². The zero-order chi connectivity index (χ0) is 25.6. The first-order valence-corrected chi connectivity index (χ1v) is 14.9. The first-order chi connectivity index (χ1) is 17.6. The number of hydrogen-bond acceptors (Lipinski definition) is 3. The minimum atomic E-state index is -0.843. The summed E-state index contributed by atoms with van der Waals surface area (Å²) < 4.78 is 0. The van der Waals surface area contributed by atoms with Crippen molar-refractivity contribution in [2.24, 2.45) is 0 Å². The fourth-order valence-corrected chi connectivity index (χ4v) is 5.75. The van der Waals surface area contributed by atoms with Crippen LogP contribution in [0.2, 0.25) is 0 Å². The summed E-state index contributed by atoms with van der Waals surface area (Å²) in [5, 5.41) is 9.71. The van der Waals surface area contributed by atoms with Crippen molar-refractivity contribution >= 4 is 17.3 Å². The molecule has 194 valence electrons. The molecular weight excluding hydrogens is 462 g/mol. The van der Waals surface area contributed by atoms with Gasteiger partial charge in [0.25, 0.3) is 0 Å². The number of pyridine rings is 1. The van der Waals surface area contributed by atoms with Gasteiger partial charge in [0.1, 0.15) is 4.88 Å². The molecule has 0 aliphatic carbocycles. The van der Waals surface area contributed by atoms with Crippen LogP contribution in [0.1, 0.15) is 111 Å². The molecule has 0 amide bonds. The summed E-state index contributed by atoms with van der Waals surface area (Å²) in [4.78, 5) is 18.1. The summed E-state index contributed by atoms with van der Waals surface area (Å²) in [6.45, 7) is 4.45. The maximum Gasteiger partial charge on any atom is 0.346 e. The second-order valence-electron chi connectivity index (χ2n) is 9.93. The van der Waals surface area contributed by atoms with Crippen molar-refractivity contribution in [3.63, 3.8) is 0 Å². The van der Waals surface area contributed by atoms with E-state index in [9.17, 15) is 9.90 Å². The van der Waals surface area contributed by atoms with Gasteiger partial charge in [-0.05, 0) is 48.9 Å². The number of unbranched alkanes of at least 4 members (excludes halogenated alkanes) is 10. The van der Waals surface area contributed by atoms with Gasteiger partial charge >= 0.3 is 5.97 Å². The average Bonchev–Trinajstić information content (AvgIpc) is 3.33. The summed E-state index contributed by atoms with van der Waals surface area (Å²) in [7, 11) is 0. The molecule has 0 atom stereocenters. The average molecular weight is 506 g/mol. The lowest BCUT2D eigenvalue weighted by Gasteiger charge is -2.06. The van der Waals surface area contributed by atoms with Gasteiger partial charge in [0, 0.05) is 22.2 Å². The van der Waals surface area contributed by atoms with Crippen LogP contribution in [-0.4, -0.2) is 16.1 Å². The second-order valence-corrected chi connectivity index (χ2v) is 11.1. The van der Waals surface area contributed by atoms with Crippen molar-refractivity contribution in [2.75, 3.05) is 0 Å². The maximum absolute atomic E-state index is 11.8. The maximum atomic E-state index is 11.8. The molecular formula is C32H43NO2S. The molecule has 1 N–H and O–H groups in total. The second kappa shape index (κ2) is 15.6. The van der Waals surface area contributed by atoms with Gasteiger partial charge in [-0.15, -0.1) is 11.3 Å². The van der Waals surface area contributed by atoms with Gasteiger partial charge in [0.05, 0.1) is 5.69 Å². The third-order valence-electron chi connectivity index (χ3n) is 6.89. The van der Waals surface area contributed by atoms with Crippen molar-refractivity contribution in [3.8, 4) is 22.4 Å². The molecule has 1 aromatic carbocycles. The topological polar surface area (TPSA) is 50.2 Å². The van der Waals surface area contributed by atoms with Crippen LogP contribution in [0.4, 0.5) is 0 Å². The van der Waals surface area contributed by atoms with Crippen LogP contribution in [0.15, 0.2) is 48.7 Å². The van der Waals surface area contributed by atoms with Crippen LogP contribution in [0.25, 0.3) is 22.4 Å². The Kier molecular flexibility index (Phi) is 12.2. The lowest BCUT2D eigenvalue weighted by molar-refractivity contribution is 0.0703. The Labute approximate surface area is 222 Å². The highest BCUT2D eigenvalue weighted by atomic mass is 32.1. The molecule has 2 aromatic heterocycles. The number of aromatic nitrogens is 1. The number of carboxylic acids is 1. The number of carboxylic acid groups (broad SMARTS) is 1. The normalized spacial score (nSPS) is 11.2. The Hall–Kier alpha value is -2.46. The van der Waals surface area contributed by atoms with Crippen LogP contribution in [0, 0.1) is 0 Å². The van der Waals surface area contributed by atoms with Crippen LogP contribution in [0.3, 0.4) is 0 Å². The molecule has 0 aliphatic heterocycles. The molecule has 0 radical (unpaired) electrons. The number of hydrogen-bond donors (Lipinski definition) is 1. The molecule has 0 unspecified atom stereocenters. The van der Waals surface area contributed by atoms with E-state index in [2.05, 4.69) is 44.2 Å². The molecule has 3 nitrogen and oxygen atoms in total. The number of aromatic carboxylic acids is 1. The SMILES string of the molecule is CCCCCCCCCCCc1ccc(-c2ccc(-c3cc(CCCCC)sc3C(=O)O)cc2)nc1. The monoisotopic (exact) mass is 505 g/mol. The number of aryl methyl sites for hydroxylation is 2. The molecule has 0 fully saturated rings. The summed E-state index contributed by atoms with van der Waals surface area (Å²) in [6, 6.07) is 14.5. The largest absolute Gasteiger partial charge is 0.477 e. The van der Waals surface area contributed by atoms with E-state index in [4.69, 9.17) is 4.98 Å². The quantitative estimate of drug-likeness (QED) is 0.186. The number of nitrogens with zero attached hydrogens (tertiary/aromatic N) is 1. The third kappa shape index (κ3) is 8.89. The first kappa shape index (κ1) is 28.1. The third-order valence-corrected chi connectivity index (χ3v) is 8.07. The number of benzene rings is 1. The summed E-state index contributed by atoms with van der Waals surface area (Å²) in [5.74, 6) is -0.843. The van der Waals surface area contributed by atoms with Gasteiger partial charge in [0.15, 0.2) is 0 Å². The van der Waals surface area contributed by atoms with Crippen molar-refractivity contribution < 1.29 is 9.90 Å². The lowest BCUT2D eigenvalue weighted by atomic mass is 10.0. The van der Waals surface area contributed by atoms with E-state index >= 15 is 0 Å². The summed E-state index contributed by atoms with van der Waals surface area (Å²) in [5.41, 5.74) is 5.11. The van der Waals surface area contributed by atoms with E-state index in [0.29, 0.717) is 4.88 Å². The van der Waals surface area contributed by atoms with Crippen molar-refractivity contribution in [2.45, 2.75) is 104 Å². The van der Waals surface area contributed by atoms with E-state index in [1.54, 1.807) is 0 Å². The predicted octanol–water partition coefficient (Wildman–Crippen LogP) is 9.98. The van der Waals surface area contributed by atoms with Crippen molar-refractivity contribution in [3.05, 3.63) is 64.0 Å². The zero-order valence-corrected chi connectivity index (χ0v) is 23.0. The minimum absolute atomic E-state index is 0.438. The minimum Gasteiger partial charge on any atom is -0.477 e. The van der Waals surface area contributed by atoms with Crippen LogP contribution in [-0.2, 0) is 12.8 Å². The van der Waals surface area contributed by atoms with E-state index in [0.717, 1.165) is 46.5 Å². The first-order valence-electron chi connectivity index (χ1n) is 14.0. The highest BCUT2D eigenvalue weighted by molar-refractivity contribution is 7.14. The van der Waals surface area contributed by atoms with Crippen LogP contribution < -0.4 is 0 Å². The van der Waals surface area contributed by atoms with Crippen molar-refractivity contribution in [1.29, 1.82) is 0 Å². The molecule has 0 aliphatic rings. The Bertz CT molecular complexity index is 1040. The molecule has 0 saturated carbocycles. The molecule has 3 aromatic rings. The molecule has 3 rings (SSSR count). The Morgan fingerprint density at radius 2 is 1.33 bits per heavy atom. The standard InChI is InChI=1S/C32H43NO2S/c1-3-5-7-8-9-10-11-12-14-15-25-17-22-30(33-24-25)27-20-18-26(19-21-27)29-23-28(16-13-6-4-2)36-31(29)32(34)35/h17-24H,3-16H2,1-2H3,(H,34,35). The Balaban J connectivity index is 1.52. The van der Waals surface area contributed by atoms with E-state index in [1.807, 2.05) is 18.3 Å². The number of carbonyl (C=O) groups is 1. The van der Waals surface area contributed by atoms with Crippen LogP contribution in [0.5, 0.6) is 0 Å². The Morgan fingerprint density at radius 3 is 1.94 bits per heavy atom. The van der Waals surface area contributed by atoms with E-state index in [-0.39, 0.29) is 0 Å². The fourth-order valence-electron chi connectivity index (χ4n) is 4.69. The molecule has 36 heavy (non-hydrogen) atoms. The van der Waals surface area contributed by atoms with E-state index in [1.165, 1.54) is 87.5 Å². The van der Waals surface area contributed by atoms with Gasteiger partial charge in [-0.1, -0.05) is 108 Å². The predicted molar refractivity (Wildman–Crippen MR) is 154 cm³/mol.